The van der Waals surface area contributed by atoms with Crippen LogP contribution in [-0.4, -0.2) is 6.54 Å². The summed E-state index contributed by atoms with van der Waals surface area (Å²) < 4.78 is 13.5. The van der Waals surface area contributed by atoms with Crippen molar-refractivity contribution in [1.29, 1.82) is 0 Å². The van der Waals surface area contributed by atoms with Crippen LogP contribution in [-0.2, 0) is 0 Å². The summed E-state index contributed by atoms with van der Waals surface area (Å²) in [7, 11) is 0. The first-order valence-corrected chi connectivity index (χ1v) is 8.40. The molecule has 1 atom stereocenters. The van der Waals surface area contributed by atoms with Gasteiger partial charge in [-0.1, -0.05) is 43.5 Å². The van der Waals surface area contributed by atoms with E-state index in [2.05, 4.69) is 18.3 Å². The van der Waals surface area contributed by atoms with E-state index in [0.29, 0.717) is 0 Å². The Kier molecular flexibility index (Phi) is 6.44. The zero-order chi connectivity index (χ0) is 15.1. The van der Waals surface area contributed by atoms with E-state index in [1.165, 1.54) is 43.2 Å². The molecule has 0 aromatic heterocycles. The fourth-order valence-electron chi connectivity index (χ4n) is 3.08. The van der Waals surface area contributed by atoms with Gasteiger partial charge in [0, 0.05) is 0 Å². The first-order valence-electron chi connectivity index (χ1n) is 8.40. The van der Waals surface area contributed by atoms with Crippen LogP contribution in [0.2, 0.25) is 0 Å². The van der Waals surface area contributed by atoms with Crippen LogP contribution in [0.1, 0.15) is 69.0 Å². The molecule has 0 spiro atoms. The average Bonchev–Trinajstić information content (AvgIpc) is 2.44. The van der Waals surface area contributed by atoms with Gasteiger partial charge in [-0.2, -0.15) is 0 Å². The number of nitrogens with one attached hydrogen (secondary N) is 1. The van der Waals surface area contributed by atoms with Crippen molar-refractivity contribution in [3.8, 4) is 0 Å². The Labute approximate surface area is 128 Å². The van der Waals surface area contributed by atoms with Gasteiger partial charge in [-0.25, -0.2) is 4.39 Å². The predicted octanol–water partition coefficient (Wildman–Crippen LogP) is 5.46. The molecule has 0 aliphatic heterocycles. The summed E-state index contributed by atoms with van der Waals surface area (Å²) in [6.45, 7) is 5.03. The topological polar surface area (TPSA) is 12.0 Å². The summed E-state index contributed by atoms with van der Waals surface area (Å²) in [6.07, 6.45) is 11.1. The van der Waals surface area contributed by atoms with Gasteiger partial charge < -0.3 is 5.32 Å². The molecule has 21 heavy (non-hydrogen) atoms. The van der Waals surface area contributed by atoms with Crippen molar-refractivity contribution in [3.05, 3.63) is 46.8 Å². The standard InChI is InChI=1S/C19H28FN/c1-3-13-21-19(16-9-7-5-4-6-8-10-16)17-11-12-18(20)15(2)14-17/h9,11-12,14,19,21H,3-8,10,13H2,1-2H3/b16-9+. The molecule has 0 fully saturated rings. The van der Waals surface area contributed by atoms with E-state index in [4.69, 9.17) is 0 Å². The smallest absolute Gasteiger partial charge is 0.126 e. The maximum absolute atomic E-state index is 13.5. The highest BCUT2D eigenvalue weighted by Gasteiger charge is 2.17. The fourth-order valence-corrected chi connectivity index (χ4v) is 3.08. The van der Waals surface area contributed by atoms with Gasteiger partial charge >= 0.3 is 0 Å². The molecule has 0 bridgehead atoms. The Morgan fingerprint density at radius 3 is 2.76 bits per heavy atom. The molecule has 1 N–H and O–H groups in total. The molecule has 0 saturated carbocycles. The highest BCUT2D eigenvalue weighted by molar-refractivity contribution is 5.32. The number of hydrogen-bond donors (Lipinski definition) is 1. The van der Waals surface area contributed by atoms with Crippen LogP contribution in [0.5, 0.6) is 0 Å². The largest absolute Gasteiger partial charge is 0.307 e. The van der Waals surface area contributed by atoms with Gasteiger partial charge in [0.25, 0.3) is 0 Å². The maximum Gasteiger partial charge on any atom is 0.126 e. The normalized spacial score (nSPS) is 20.2. The highest BCUT2D eigenvalue weighted by Crippen LogP contribution is 2.29. The summed E-state index contributed by atoms with van der Waals surface area (Å²) in [5.41, 5.74) is 3.44. The van der Waals surface area contributed by atoms with E-state index in [9.17, 15) is 4.39 Å². The molecule has 1 nitrogen and oxygen atoms in total. The first-order chi connectivity index (χ1) is 10.2. The maximum atomic E-state index is 13.5. The van der Waals surface area contributed by atoms with Gasteiger partial charge in [-0.05, 0) is 62.8 Å². The number of rotatable bonds is 5. The van der Waals surface area contributed by atoms with Gasteiger partial charge in [0.1, 0.15) is 5.82 Å². The molecule has 0 saturated heterocycles. The molecular weight excluding hydrogens is 261 g/mol. The van der Waals surface area contributed by atoms with Gasteiger partial charge in [-0.15, -0.1) is 0 Å². The van der Waals surface area contributed by atoms with Crippen molar-refractivity contribution in [2.24, 2.45) is 0 Å². The quantitative estimate of drug-likeness (QED) is 0.710. The summed E-state index contributed by atoms with van der Waals surface area (Å²) >= 11 is 0. The highest BCUT2D eigenvalue weighted by atomic mass is 19.1. The van der Waals surface area contributed by atoms with Crippen LogP contribution in [0.15, 0.2) is 29.8 Å². The number of benzene rings is 1. The zero-order valence-electron chi connectivity index (χ0n) is 13.4. The second-order valence-corrected chi connectivity index (χ2v) is 6.13. The van der Waals surface area contributed by atoms with Crippen molar-refractivity contribution in [3.63, 3.8) is 0 Å². The Morgan fingerprint density at radius 2 is 2.00 bits per heavy atom. The average molecular weight is 289 g/mol. The number of hydrogen-bond acceptors (Lipinski definition) is 1. The molecule has 0 radical (unpaired) electrons. The van der Waals surface area contributed by atoms with Gasteiger partial charge in [0.15, 0.2) is 0 Å². The van der Waals surface area contributed by atoms with Crippen molar-refractivity contribution in [2.45, 2.75) is 64.8 Å². The molecule has 2 rings (SSSR count). The summed E-state index contributed by atoms with van der Waals surface area (Å²) in [5.74, 6) is -0.111. The Balaban J connectivity index is 2.25. The lowest BCUT2D eigenvalue weighted by molar-refractivity contribution is 0.539. The van der Waals surface area contributed by atoms with Crippen LogP contribution >= 0.6 is 0 Å². The van der Waals surface area contributed by atoms with Crippen LogP contribution in [0, 0.1) is 12.7 Å². The van der Waals surface area contributed by atoms with Crippen LogP contribution in [0.25, 0.3) is 0 Å². The Hall–Kier alpha value is -1.15. The number of allylic oxidation sites excluding steroid dienone is 1. The zero-order valence-corrected chi connectivity index (χ0v) is 13.4. The lowest BCUT2D eigenvalue weighted by Gasteiger charge is -2.24. The Morgan fingerprint density at radius 1 is 1.19 bits per heavy atom. The second kappa shape index (κ2) is 8.33. The number of aryl methyl sites for hydroxylation is 1. The minimum atomic E-state index is -0.111. The van der Waals surface area contributed by atoms with E-state index in [0.717, 1.165) is 24.9 Å². The molecular formula is C19H28FN. The SMILES string of the molecule is CCCNC(/C1=C/CCCCCC1)c1ccc(F)c(C)c1. The molecule has 1 aliphatic rings. The fraction of sp³-hybridized carbons (Fsp3) is 0.579. The monoisotopic (exact) mass is 289 g/mol. The summed E-state index contributed by atoms with van der Waals surface area (Å²) in [6, 6.07) is 5.80. The predicted molar refractivity (Wildman–Crippen MR) is 88.0 cm³/mol. The molecule has 1 aromatic rings. The molecule has 0 amide bonds. The van der Waals surface area contributed by atoms with E-state index in [1.54, 1.807) is 6.07 Å². The lowest BCUT2D eigenvalue weighted by Crippen LogP contribution is -2.24. The third kappa shape index (κ3) is 4.67. The first kappa shape index (κ1) is 16.2. The molecule has 1 aromatic carbocycles. The van der Waals surface area contributed by atoms with Crippen LogP contribution in [0.4, 0.5) is 4.39 Å². The van der Waals surface area contributed by atoms with E-state index >= 15 is 0 Å². The van der Waals surface area contributed by atoms with Crippen molar-refractivity contribution >= 4 is 0 Å². The van der Waals surface area contributed by atoms with Crippen molar-refractivity contribution < 1.29 is 4.39 Å². The molecule has 1 aliphatic carbocycles. The third-order valence-corrected chi connectivity index (χ3v) is 4.31. The minimum Gasteiger partial charge on any atom is -0.307 e. The van der Waals surface area contributed by atoms with Gasteiger partial charge in [0.2, 0.25) is 0 Å². The van der Waals surface area contributed by atoms with Crippen LogP contribution < -0.4 is 5.32 Å². The van der Waals surface area contributed by atoms with Crippen LogP contribution in [0.3, 0.4) is 0 Å². The van der Waals surface area contributed by atoms with E-state index in [1.807, 2.05) is 19.1 Å². The third-order valence-electron chi connectivity index (χ3n) is 4.31. The van der Waals surface area contributed by atoms with E-state index < -0.39 is 0 Å². The Bertz CT molecular complexity index is 478. The second-order valence-electron chi connectivity index (χ2n) is 6.13. The minimum absolute atomic E-state index is 0.111. The van der Waals surface area contributed by atoms with Crippen molar-refractivity contribution in [2.75, 3.05) is 6.54 Å². The van der Waals surface area contributed by atoms with E-state index in [-0.39, 0.29) is 11.9 Å². The molecule has 1 unspecified atom stereocenters. The molecule has 2 heteroatoms. The molecule has 116 valence electrons. The number of halogens is 1. The molecule has 0 heterocycles. The van der Waals surface area contributed by atoms with Gasteiger partial charge in [-0.3, -0.25) is 0 Å². The summed E-state index contributed by atoms with van der Waals surface area (Å²) in [5, 5.41) is 3.66. The summed E-state index contributed by atoms with van der Waals surface area (Å²) in [4.78, 5) is 0. The lowest BCUT2D eigenvalue weighted by atomic mass is 9.90. The van der Waals surface area contributed by atoms with Crippen molar-refractivity contribution in [1.82, 2.24) is 5.32 Å². The van der Waals surface area contributed by atoms with Gasteiger partial charge in [0.05, 0.1) is 6.04 Å².